The largest absolute Gasteiger partial charge is 0.495 e. The van der Waals surface area contributed by atoms with Crippen LogP contribution < -0.4 is 10.3 Å². The monoisotopic (exact) mass is 514 g/mol. The van der Waals surface area contributed by atoms with Gasteiger partial charge in [-0.3, -0.25) is 9.36 Å². The summed E-state index contributed by atoms with van der Waals surface area (Å²) in [7, 11) is 1.59. The molecule has 144 valence electrons. The summed E-state index contributed by atoms with van der Waals surface area (Å²) in [5.41, 5.74) is 2.10. The number of ether oxygens (including phenoxy) is 1. The number of hydrogen-bond donors (Lipinski definition) is 0. The summed E-state index contributed by atoms with van der Waals surface area (Å²) < 4.78 is 8.06. The molecule has 29 heavy (non-hydrogen) atoms. The highest BCUT2D eigenvalue weighted by Gasteiger charge is 2.14. The van der Waals surface area contributed by atoms with E-state index in [2.05, 4.69) is 22.6 Å². The molecule has 3 aromatic carbocycles. The molecule has 0 radical (unpaired) electrons. The molecule has 6 heteroatoms. The van der Waals surface area contributed by atoms with Crippen LogP contribution in [0.3, 0.4) is 0 Å². The number of para-hydroxylation sites is 2. The van der Waals surface area contributed by atoms with Crippen LogP contribution in [0.4, 0.5) is 0 Å². The summed E-state index contributed by atoms with van der Waals surface area (Å²) >= 11 is 8.17. The fourth-order valence-electron chi connectivity index (χ4n) is 3.08. The summed E-state index contributed by atoms with van der Waals surface area (Å²) in [5, 5.41) is 1.23. The van der Waals surface area contributed by atoms with Crippen molar-refractivity contribution in [2.24, 2.45) is 0 Å². The normalized spacial score (nSPS) is 11.3. The Morgan fingerprint density at radius 3 is 2.55 bits per heavy atom. The van der Waals surface area contributed by atoms with Crippen molar-refractivity contribution in [1.82, 2.24) is 9.55 Å². The molecule has 4 nitrogen and oxygen atoms in total. The molecule has 0 bridgehead atoms. The van der Waals surface area contributed by atoms with E-state index in [0.717, 1.165) is 9.13 Å². The van der Waals surface area contributed by atoms with Crippen molar-refractivity contribution < 1.29 is 4.74 Å². The first kappa shape index (κ1) is 19.7. The molecule has 0 N–H and O–H groups in total. The third-order valence-electron chi connectivity index (χ3n) is 4.48. The quantitative estimate of drug-likeness (QED) is 0.322. The van der Waals surface area contributed by atoms with E-state index in [1.807, 2.05) is 78.9 Å². The van der Waals surface area contributed by atoms with Crippen molar-refractivity contribution in [3.05, 3.63) is 97.1 Å². The lowest BCUT2D eigenvalue weighted by Crippen LogP contribution is -2.23. The molecule has 0 atom stereocenters. The maximum Gasteiger partial charge on any atom is 0.266 e. The Hall–Kier alpha value is -2.64. The van der Waals surface area contributed by atoms with Crippen LogP contribution in [0.1, 0.15) is 11.4 Å². The molecule has 0 aliphatic rings. The third kappa shape index (κ3) is 4.06. The first-order chi connectivity index (χ1) is 14.1. The second-order valence-corrected chi connectivity index (χ2v) is 8.01. The first-order valence-electron chi connectivity index (χ1n) is 8.86. The lowest BCUT2D eigenvalue weighted by molar-refractivity contribution is 0.412. The van der Waals surface area contributed by atoms with Gasteiger partial charge in [0.05, 0.1) is 23.7 Å². The number of methoxy groups -OCH3 is 1. The summed E-state index contributed by atoms with van der Waals surface area (Å²) in [6.45, 7) is 0. The van der Waals surface area contributed by atoms with Gasteiger partial charge in [-0.1, -0.05) is 41.9 Å². The van der Waals surface area contributed by atoms with Crippen molar-refractivity contribution in [2.75, 3.05) is 7.11 Å². The Morgan fingerprint density at radius 2 is 1.79 bits per heavy atom. The number of nitrogens with zero attached hydrogens (tertiary/aromatic N) is 2. The van der Waals surface area contributed by atoms with E-state index in [1.54, 1.807) is 11.7 Å². The van der Waals surface area contributed by atoms with E-state index in [4.69, 9.17) is 21.3 Å². The van der Waals surface area contributed by atoms with Crippen LogP contribution in [0.2, 0.25) is 5.02 Å². The molecule has 0 saturated carbocycles. The van der Waals surface area contributed by atoms with E-state index < -0.39 is 0 Å². The average molecular weight is 515 g/mol. The lowest BCUT2D eigenvalue weighted by atomic mass is 10.2. The van der Waals surface area contributed by atoms with Crippen molar-refractivity contribution in [3.8, 4) is 11.4 Å². The maximum atomic E-state index is 13.4. The molecule has 0 aliphatic heterocycles. The van der Waals surface area contributed by atoms with Gasteiger partial charge < -0.3 is 4.74 Å². The molecule has 0 aliphatic carbocycles. The second-order valence-electron chi connectivity index (χ2n) is 6.33. The average Bonchev–Trinajstić information content (AvgIpc) is 2.74. The van der Waals surface area contributed by atoms with E-state index in [0.29, 0.717) is 33.2 Å². The molecule has 4 rings (SSSR count). The summed E-state index contributed by atoms with van der Waals surface area (Å²) in [6, 6.07) is 20.5. The van der Waals surface area contributed by atoms with E-state index in [1.165, 1.54) is 0 Å². The standard InChI is InChI=1S/C23H16ClIN2O2/c1-29-21-5-3-2-4-20(21)27-22(13-8-15-6-9-16(24)10-7-15)26-19-12-11-17(25)14-18(19)23(27)28/h2-14H,1H3. The fraction of sp³-hybridized carbons (Fsp3) is 0.0435. The van der Waals surface area contributed by atoms with Gasteiger partial charge in [0.25, 0.3) is 5.56 Å². The lowest BCUT2D eigenvalue weighted by Gasteiger charge is -2.14. The Labute approximate surface area is 186 Å². The minimum absolute atomic E-state index is 0.145. The third-order valence-corrected chi connectivity index (χ3v) is 5.40. The zero-order valence-corrected chi connectivity index (χ0v) is 18.4. The molecule has 0 unspecified atom stereocenters. The van der Waals surface area contributed by atoms with Gasteiger partial charge in [-0.15, -0.1) is 0 Å². The van der Waals surface area contributed by atoms with Crippen molar-refractivity contribution >= 4 is 57.2 Å². The van der Waals surface area contributed by atoms with Gasteiger partial charge in [-0.2, -0.15) is 0 Å². The molecule has 0 spiro atoms. The predicted octanol–water partition coefficient (Wildman–Crippen LogP) is 5.82. The molecular formula is C23H16ClIN2O2. The van der Waals surface area contributed by atoms with E-state index in [9.17, 15) is 4.79 Å². The summed E-state index contributed by atoms with van der Waals surface area (Å²) in [4.78, 5) is 18.2. The van der Waals surface area contributed by atoms with Crippen molar-refractivity contribution in [2.45, 2.75) is 0 Å². The molecule has 4 aromatic rings. The first-order valence-corrected chi connectivity index (χ1v) is 10.3. The summed E-state index contributed by atoms with van der Waals surface area (Å²) in [6.07, 6.45) is 3.73. The summed E-state index contributed by atoms with van der Waals surface area (Å²) in [5.74, 6) is 1.12. The maximum absolute atomic E-state index is 13.4. The highest BCUT2D eigenvalue weighted by molar-refractivity contribution is 14.1. The van der Waals surface area contributed by atoms with Crippen LogP contribution in [0.15, 0.2) is 71.5 Å². The Morgan fingerprint density at radius 1 is 1.03 bits per heavy atom. The van der Waals surface area contributed by atoms with E-state index >= 15 is 0 Å². The minimum Gasteiger partial charge on any atom is -0.495 e. The van der Waals surface area contributed by atoms with Crippen LogP contribution in [0.5, 0.6) is 5.75 Å². The van der Waals surface area contributed by atoms with Gasteiger partial charge in [0.1, 0.15) is 11.6 Å². The van der Waals surface area contributed by atoms with Crippen LogP contribution in [-0.4, -0.2) is 16.7 Å². The number of aromatic nitrogens is 2. The number of rotatable bonds is 4. The molecule has 0 fully saturated rings. The molecule has 0 amide bonds. The topological polar surface area (TPSA) is 44.1 Å². The fourth-order valence-corrected chi connectivity index (χ4v) is 3.70. The van der Waals surface area contributed by atoms with Gasteiger partial charge in [0.2, 0.25) is 0 Å². The predicted molar refractivity (Wildman–Crippen MR) is 127 cm³/mol. The van der Waals surface area contributed by atoms with Crippen molar-refractivity contribution in [3.63, 3.8) is 0 Å². The smallest absolute Gasteiger partial charge is 0.266 e. The SMILES string of the molecule is COc1ccccc1-n1c(C=Cc2ccc(Cl)cc2)nc2ccc(I)cc2c1=O. The van der Waals surface area contributed by atoms with Gasteiger partial charge in [-0.05, 0) is 76.7 Å². The Bertz CT molecular complexity index is 1280. The van der Waals surface area contributed by atoms with Gasteiger partial charge in [-0.25, -0.2) is 4.98 Å². The highest BCUT2D eigenvalue weighted by atomic mass is 127. The second kappa shape index (κ2) is 8.39. The number of hydrogen-bond acceptors (Lipinski definition) is 3. The number of benzene rings is 3. The van der Waals surface area contributed by atoms with Crippen LogP contribution in [0, 0.1) is 3.57 Å². The minimum atomic E-state index is -0.145. The zero-order valence-electron chi connectivity index (χ0n) is 15.5. The van der Waals surface area contributed by atoms with Gasteiger partial charge >= 0.3 is 0 Å². The molecular weight excluding hydrogens is 499 g/mol. The number of fused-ring (bicyclic) bond motifs is 1. The Balaban J connectivity index is 1.98. The van der Waals surface area contributed by atoms with Crippen LogP contribution in [-0.2, 0) is 0 Å². The number of halogens is 2. The zero-order chi connectivity index (χ0) is 20.4. The van der Waals surface area contributed by atoms with Crippen LogP contribution >= 0.6 is 34.2 Å². The Kier molecular flexibility index (Phi) is 5.69. The van der Waals surface area contributed by atoms with Crippen molar-refractivity contribution in [1.29, 1.82) is 0 Å². The van der Waals surface area contributed by atoms with Gasteiger partial charge in [0.15, 0.2) is 0 Å². The molecule has 0 saturated heterocycles. The molecule has 1 aromatic heterocycles. The van der Waals surface area contributed by atoms with Crippen LogP contribution in [0.25, 0.3) is 28.7 Å². The molecule has 1 heterocycles. The van der Waals surface area contributed by atoms with E-state index in [-0.39, 0.29) is 5.56 Å². The highest BCUT2D eigenvalue weighted by Crippen LogP contribution is 2.24. The van der Waals surface area contributed by atoms with Gasteiger partial charge in [0, 0.05) is 8.59 Å².